The predicted octanol–water partition coefficient (Wildman–Crippen LogP) is 5.09. The molecule has 0 radical (unpaired) electrons. The smallest absolute Gasteiger partial charge is 0.163 e. The summed E-state index contributed by atoms with van der Waals surface area (Å²) in [6.45, 7) is 9.27. The molecule has 1 aliphatic carbocycles. The average Bonchev–Trinajstić information content (AvgIpc) is 3.07. The largest absolute Gasteiger partial charge is 0.486 e. The zero-order valence-electron chi connectivity index (χ0n) is 15.3. The van der Waals surface area contributed by atoms with Crippen molar-refractivity contribution in [2.75, 3.05) is 18.5 Å². The Balaban J connectivity index is 0.000000487. The lowest BCUT2D eigenvalue weighted by molar-refractivity contribution is 0.171. The summed E-state index contributed by atoms with van der Waals surface area (Å²) in [5.41, 5.74) is 4.03. The SMILES string of the molecule is CC.CC.c1ccc2c(c1)CC(Nc1ccc3c(c1)OCCO3)C2. The van der Waals surface area contributed by atoms with Crippen molar-refractivity contribution >= 4 is 5.69 Å². The van der Waals surface area contributed by atoms with Crippen molar-refractivity contribution < 1.29 is 9.47 Å². The lowest BCUT2D eigenvalue weighted by Crippen LogP contribution is -2.20. The van der Waals surface area contributed by atoms with Crippen LogP contribution in [-0.4, -0.2) is 19.3 Å². The molecule has 0 fully saturated rings. The molecular formula is C21H29NO2. The second kappa shape index (κ2) is 9.21. The Hall–Kier alpha value is -2.16. The van der Waals surface area contributed by atoms with Crippen LogP contribution in [0.15, 0.2) is 42.5 Å². The third-order valence-electron chi connectivity index (χ3n) is 3.96. The van der Waals surface area contributed by atoms with E-state index in [0.717, 1.165) is 30.0 Å². The summed E-state index contributed by atoms with van der Waals surface area (Å²) in [7, 11) is 0. The third kappa shape index (κ3) is 4.22. The quantitative estimate of drug-likeness (QED) is 0.833. The lowest BCUT2D eigenvalue weighted by Gasteiger charge is -2.20. The summed E-state index contributed by atoms with van der Waals surface area (Å²) in [6.07, 6.45) is 2.18. The van der Waals surface area contributed by atoms with Gasteiger partial charge in [0.1, 0.15) is 13.2 Å². The van der Waals surface area contributed by atoms with Gasteiger partial charge in [-0.1, -0.05) is 52.0 Å². The van der Waals surface area contributed by atoms with Crippen LogP contribution < -0.4 is 14.8 Å². The zero-order chi connectivity index (χ0) is 17.4. The number of hydrogen-bond donors (Lipinski definition) is 1. The molecule has 0 amide bonds. The molecule has 1 aliphatic heterocycles. The van der Waals surface area contributed by atoms with Crippen LogP contribution in [0.5, 0.6) is 11.5 Å². The van der Waals surface area contributed by atoms with Crippen molar-refractivity contribution in [2.45, 2.75) is 46.6 Å². The van der Waals surface area contributed by atoms with E-state index in [1.165, 1.54) is 11.1 Å². The molecule has 0 aromatic heterocycles. The fourth-order valence-electron chi connectivity index (χ4n) is 3.03. The fourth-order valence-corrected chi connectivity index (χ4v) is 3.03. The first-order chi connectivity index (χ1) is 11.9. The number of nitrogens with one attached hydrogen (secondary N) is 1. The second-order valence-electron chi connectivity index (χ2n) is 5.38. The third-order valence-corrected chi connectivity index (χ3v) is 3.96. The van der Waals surface area contributed by atoms with Gasteiger partial charge in [0.05, 0.1) is 0 Å². The van der Waals surface area contributed by atoms with Crippen LogP contribution in [0, 0.1) is 0 Å². The molecule has 3 nitrogen and oxygen atoms in total. The first kappa shape index (κ1) is 18.2. The molecule has 0 bridgehead atoms. The van der Waals surface area contributed by atoms with Crippen LogP contribution in [0.3, 0.4) is 0 Å². The molecule has 2 aliphatic rings. The number of anilines is 1. The Kier molecular flexibility index (Phi) is 6.98. The van der Waals surface area contributed by atoms with Gasteiger partial charge in [0, 0.05) is 17.8 Å². The zero-order valence-corrected chi connectivity index (χ0v) is 15.3. The van der Waals surface area contributed by atoms with Crippen LogP contribution in [-0.2, 0) is 12.8 Å². The highest BCUT2D eigenvalue weighted by Crippen LogP contribution is 2.33. The van der Waals surface area contributed by atoms with E-state index in [9.17, 15) is 0 Å². The molecular weight excluding hydrogens is 298 g/mol. The van der Waals surface area contributed by atoms with Crippen molar-refractivity contribution in [3.8, 4) is 11.5 Å². The van der Waals surface area contributed by atoms with Crippen LogP contribution >= 0.6 is 0 Å². The monoisotopic (exact) mass is 327 g/mol. The minimum absolute atomic E-state index is 0.468. The van der Waals surface area contributed by atoms with Gasteiger partial charge < -0.3 is 14.8 Å². The lowest BCUT2D eigenvalue weighted by atomic mass is 10.1. The molecule has 0 spiro atoms. The maximum Gasteiger partial charge on any atom is 0.163 e. The summed E-state index contributed by atoms with van der Waals surface area (Å²) in [5.74, 6) is 1.69. The van der Waals surface area contributed by atoms with Gasteiger partial charge in [-0.2, -0.15) is 0 Å². The van der Waals surface area contributed by atoms with Gasteiger partial charge in [-0.05, 0) is 36.1 Å². The van der Waals surface area contributed by atoms with Crippen molar-refractivity contribution in [3.05, 3.63) is 53.6 Å². The van der Waals surface area contributed by atoms with Crippen molar-refractivity contribution in [1.82, 2.24) is 0 Å². The molecule has 130 valence electrons. The average molecular weight is 327 g/mol. The highest BCUT2D eigenvalue weighted by atomic mass is 16.6. The van der Waals surface area contributed by atoms with Gasteiger partial charge in [-0.15, -0.1) is 0 Å². The van der Waals surface area contributed by atoms with Crippen molar-refractivity contribution in [2.24, 2.45) is 0 Å². The molecule has 0 atom stereocenters. The maximum atomic E-state index is 5.63. The molecule has 1 N–H and O–H groups in total. The molecule has 0 saturated carbocycles. The number of hydrogen-bond acceptors (Lipinski definition) is 3. The summed E-state index contributed by atoms with van der Waals surface area (Å²) < 4.78 is 11.2. The van der Waals surface area contributed by atoms with Crippen LogP contribution in [0.4, 0.5) is 5.69 Å². The van der Waals surface area contributed by atoms with Gasteiger partial charge in [0.25, 0.3) is 0 Å². The second-order valence-corrected chi connectivity index (χ2v) is 5.38. The number of benzene rings is 2. The van der Waals surface area contributed by atoms with E-state index in [2.05, 4.69) is 35.6 Å². The first-order valence-corrected chi connectivity index (χ1v) is 9.11. The molecule has 0 unspecified atom stereocenters. The standard InChI is InChI=1S/C17H17NO2.2C2H6/c1-2-4-13-10-15(9-12(13)3-1)18-14-5-6-16-17(11-14)20-8-7-19-16;2*1-2/h1-6,11,15,18H,7-10H2;2*1-2H3. The molecule has 4 rings (SSSR count). The van der Waals surface area contributed by atoms with E-state index in [0.29, 0.717) is 19.3 Å². The number of fused-ring (bicyclic) bond motifs is 2. The Bertz CT molecular complexity index is 614. The van der Waals surface area contributed by atoms with E-state index in [1.54, 1.807) is 0 Å². The fraction of sp³-hybridized carbons (Fsp3) is 0.429. The Labute approximate surface area is 146 Å². The Morgan fingerprint density at radius 3 is 2.00 bits per heavy atom. The van der Waals surface area contributed by atoms with E-state index < -0.39 is 0 Å². The van der Waals surface area contributed by atoms with Crippen LogP contribution in [0.2, 0.25) is 0 Å². The summed E-state index contributed by atoms with van der Waals surface area (Å²) in [6, 6.07) is 15.2. The molecule has 24 heavy (non-hydrogen) atoms. The highest BCUT2D eigenvalue weighted by molar-refractivity contribution is 5.56. The molecule has 0 saturated heterocycles. The number of ether oxygens (including phenoxy) is 2. The predicted molar refractivity (Wildman–Crippen MR) is 101 cm³/mol. The van der Waals surface area contributed by atoms with Gasteiger partial charge in [0.2, 0.25) is 0 Å². The van der Waals surface area contributed by atoms with E-state index >= 15 is 0 Å². The minimum atomic E-state index is 0.468. The summed E-state index contributed by atoms with van der Waals surface area (Å²) >= 11 is 0. The van der Waals surface area contributed by atoms with Gasteiger partial charge >= 0.3 is 0 Å². The van der Waals surface area contributed by atoms with Crippen molar-refractivity contribution in [3.63, 3.8) is 0 Å². The van der Waals surface area contributed by atoms with Gasteiger partial charge in [-0.3, -0.25) is 0 Å². The molecule has 2 aromatic rings. The number of rotatable bonds is 2. The summed E-state index contributed by atoms with van der Waals surface area (Å²) in [4.78, 5) is 0. The van der Waals surface area contributed by atoms with Crippen LogP contribution in [0.1, 0.15) is 38.8 Å². The molecule has 1 heterocycles. The molecule has 3 heteroatoms. The van der Waals surface area contributed by atoms with E-state index in [-0.39, 0.29) is 0 Å². The Morgan fingerprint density at radius 1 is 0.792 bits per heavy atom. The molecule has 2 aromatic carbocycles. The van der Waals surface area contributed by atoms with E-state index in [4.69, 9.17) is 9.47 Å². The van der Waals surface area contributed by atoms with Gasteiger partial charge in [-0.25, -0.2) is 0 Å². The maximum absolute atomic E-state index is 5.63. The van der Waals surface area contributed by atoms with E-state index in [1.807, 2.05) is 39.8 Å². The highest BCUT2D eigenvalue weighted by Gasteiger charge is 2.21. The van der Waals surface area contributed by atoms with Crippen molar-refractivity contribution in [1.29, 1.82) is 0 Å². The topological polar surface area (TPSA) is 30.5 Å². The summed E-state index contributed by atoms with van der Waals surface area (Å²) in [5, 5.41) is 3.60. The normalized spacial score (nSPS) is 14.5. The first-order valence-electron chi connectivity index (χ1n) is 9.11. The minimum Gasteiger partial charge on any atom is -0.486 e. The van der Waals surface area contributed by atoms with Gasteiger partial charge in [0.15, 0.2) is 11.5 Å². The Morgan fingerprint density at radius 2 is 1.38 bits per heavy atom. The van der Waals surface area contributed by atoms with Crippen LogP contribution in [0.25, 0.3) is 0 Å².